The summed E-state index contributed by atoms with van der Waals surface area (Å²) in [4.78, 5) is 63.6. The number of fused-ring (bicyclic) bond motifs is 4. The minimum Gasteiger partial charge on any atom is -0.508 e. The highest BCUT2D eigenvalue weighted by Gasteiger charge is 2.70. The van der Waals surface area contributed by atoms with Gasteiger partial charge in [0.1, 0.15) is 5.75 Å². The molecule has 294 valence electrons. The number of nitrogens with zero attached hydrogens (tertiary/aromatic N) is 3. The predicted octanol–water partition coefficient (Wildman–Crippen LogP) is 7.05. The van der Waals surface area contributed by atoms with Gasteiger partial charge in [0.15, 0.2) is 17.3 Å². The average molecular weight is 822 g/mol. The van der Waals surface area contributed by atoms with Crippen molar-refractivity contribution in [2.24, 2.45) is 23.7 Å². The summed E-state index contributed by atoms with van der Waals surface area (Å²) in [5.74, 6) is -7.23. The van der Waals surface area contributed by atoms with Gasteiger partial charge in [0.05, 0.1) is 40.9 Å². The number of carbonyl (C=O) groups excluding carboxylic acids is 4. The highest BCUT2D eigenvalue weighted by Crippen LogP contribution is 2.64. The summed E-state index contributed by atoms with van der Waals surface area (Å²) in [5.41, 5.74) is 1.99. The Hall–Kier alpha value is -5.60. The Balaban J connectivity index is 1.26. The molecule has 2 aliphatic heterocycles. The summed E-state index contributed by atoms with van der Waals surface area (Å²) >= 11 is 12.6. The first-order valence-electron chi connectivity index (χ1n) is 18.0. The Morgan fingerprint density at radius 3 is 2.32 bits per heavy atom. The first kappa shape index (κ1) is 38.3. The summed E-state index contributed by atoms with van der Waals surface area (Å²) in [6.45, 7) is 0.0875. The second-order valence-electron chi connectivity index (χ2n) is 14.6. The number of hydrogen-bond donors (Lipinski definition) is 3. The first-order valence-corrected chi connectivity index (χ1v) is 18.7. The van der Waals surface area contributed by atoms with Crippen LogP contribution < -0.4 is 10.2 Å². The van der Waals surface area contributed by atoms with E-state index in [9.17, 15) is 37.8 Å². The summed E-state index contributed by atoms with van der Waals surface area (Å²) in [5, 5.41) is 20.9. The van der Waals surface area contributed by atoms with E-state index in [1.54, 1.807) is 48.5 Å². The highest BCUT2D eigenvalue weighted by molar-refractivity contribution is 6.33. The fraction of sp³-hybridized carbons (Fsp3) is 0.293. The van der Waals surface area contributed by atoms with Gasteiger partial charge in [-0.2, -0.15) is 18.2 Å². The number of benzene rings is 3. The number of methoxy groups -OCH3 is 1. The van der Waals surface area contributed by atoms with Crippen LogP contribution in [0.1, 0.15) is 41.0 Å². The van der Waals surface area contributed by atoms with Gasteiger partial charge in [0.2, 0.25) is 11.8 Å². The summed E-state index contributed by atoms with van der Waals surface area (Å²) < 4.78 is 46.0. The number of allylic oxidation sites excluding steroid dienone is 2. The second kappa shape index (κ2) is 14.1. The van der Waals surface area contributed by atoms with E-state index >= 15 is 4.79 Å². The Labute approximate surface area is 333 Å². The van der Waals surface area contributed by atoms with E-state index in [1.807, 2.05) is 6.08 Å². The summed E-state index contributed by atoms with van der Waals surface area (Å²) in [6, 6.07) is 18.0. The van der Waals surface area contributed by atoms with Crippen LogP contribution in [0.15, 0.2) is 90.6 Å². The lowest BCUT2D eigenvalue weighted by molar-refractivity contribution is -0.141. The molecule has 8 rings (SSSR count). The molecule has 0 radical (unpaired) electrons. The van der Waals surface area contributed by atoms with Gasteiger partial charge in [-0.25, -0.2) is 4.98 Å². The molecule has 0 bridgehead atoms. The molecule has 2 saturated heterocycles. The van der Waals surface area contributed by atoms with Crippen LogP contribution in [0.2, 0.25) is 10.0 Å². The predicted molar refractivity (Wildman–Crippen MR) is 200 cm³/mol. The van der Waals surface area contributed by atoms with Crippen LogP contribution in [0.5, 0.6) is 17.2 Å². The zero-order valence-corrected chi connectivity index (χ0v) is 31.5. The molecule has 2 aliphatic carbocycles. The number of hydrazine groups is 1. The number of likely N-dealkylation sites (tertiary alicyclic amines) is 1. The van der Waals surface area contributed by atoms with Crippen molar-refractivity contribution in [3.8, 4) is 17.2 Å². The molecule has 6 atom stereocenters. The van der Waals surface area contributed by atoms with Crippen molar-refractivity contribution in [1.82, 2.24) is 14.9 Å². The van der Waals surface area contributed by atoms with Crippen LogP contribution in [-0.4, -0.2) is 62.4 Å². The number of nitrogens with one attached hydrogen (secondary N) is 1. The van der Waals surface area contributed by atoms with Gasteiger partial charge in [-0.05, 0) is 84.3 Å². The van der Waals surface area contributed by atoms with Crippen LogP contribution in [0.4, 0.5) is 19.0 Å². The standard InChI is InChI=1S/C41H33Cl2F3N4O7/c1-57-32-16-21(4-13-31(32)52)34-26-11-12-27-33(38(55)49(36(27)53)15-14-20-2-9-25(51)10-3-20)28(26)18-29-37(54)50(39(56)40(29,34)22-5-7-24(42)8-6-22)48-35-30(43)17-23(19-47-35)41(44,45)46/h2-11,13,16-17,19,27-29,33-34,51-52H,12,14-15,18H2,1H3,(H,47,48). The third kappa shape index (κ3) is 6.16. The van der Waals surface area contributed by atoms with E-state index in [1.165, 1.54) is 30.2 Å². The number of halogens is 5. The molecule has 16 heteroatoms. The summed E-state index contributed by atoms with van der Waals surface area (Å²) in [7, 11) is 1.36. The lowest BCUT2D eigenvalue weighted by atomic mass is 9.49. The van der Waals surface area contributed by atoms with E-state index < -0.39 is 69.5 Å². The Morgan fingerprint density at radius 2 is 1.65 bits per heavy atom. The first-order chi connectivity index (χ1) is 27.1. The molecule has 11 nitrogen and oxygen atoms in total. The monoisotopic (exact) mass is 820 g/mol. The Bertz CT molecular complexity index is 2360. The minimum absolute atomic E-state index is 0.0525. The number of aromatic hydroxyl groups is 2. The molecular formula is C41H33Cl2F3N4O7. The fourth-order valence-electron chi connectivity index (χ4n) is 9.22. The number of amides is 4. The molecule has 3 heterocycles. The van der Waals surface area contributed by atoms with Gasteiger partial charge in [0.25, 0.3) is 11.8 Å². The van der Waals surface area contributed by atoms with Gasteiger partial charge in [0, 0.05) is 23.7 Å². The molecule has 1 saturated carbocycles. The molecule has 3 N–H and O–H groups in total. The van der Waals surface area contributed by atoms with Crippen LogP contribution in [-0.2, 0) is 37.2 Å². The van der Waals surface area contributed by atoms with Crippen molar-refractivity contribution in [3.63, 3.8) is 0 Å². The minimum atomic E-state index is -4.76. The van der Waals surface area contributed by atoms with Crippen molar-refractivity contribution >= 4 is 52.6 Å². The molecule has 6 unspecified atom stereocenters. The van der Waals surface area contributed by atoms with E-state index in [0.29, 0.717) is 45.4 Å². The van der Waals surface area contributed by atoms with Crippen molar-refractivity contribution in [3.05, 3.63) is 123 Å². The maximum atomic E-state index is 15.3. The maximum Gasteiger partial charge on any atom is 0.417 e. The number of phenolic OH excluding ortho intramolecular Hbond substituents is 2. The normalized spacial score (nSPS) is 25.6. The SMILES string of the molecule is COc1cc(C2C3=CCC4C(=O)N(CCc5ccc(O)cc5)C(=O)C4C3CC3C(=O)N(Nc4ncc(C(F)(F)F)cc4Cl)C(=O)C32c2ccc(Cl)cc2)ccc1O. The van der Waals surface area contributed by atoms with E-state index in [0.717, 1.165) is 5.56 Å². The molecule has 3 aromatic carbocycles. The number of pyridine rings is 1. The van der Waals surface area contributed by atoms with Crippen LogP contribution in [0, 0.1) is 23.7 Å². The average Bonchev–Trinajstić information content (AvgIpc) is 3.55. The molecule has 4 amide bonds. The lowest BCUT2D eigenvalue weighted by Crippen LogP contribution is -2.53. The summed E-state index contributed by atoms with van der Waals surface area (Å²) in [6.07, 6.45) is -1.91. The van der Waals surface area contributed by atoms with Crippen molar-refractivity contribution in [2.45, 2.75) is 36.8 Å². The zero-order chi connectivity index (χ0) is 40.6. The van der Waals surface area contributed by atoms with Crippen LogP contribution >= 0.6 is 23.2 Å². The second-order valence-corrected chi connectivity index (χ2v) is 15.4. The number of anilines is 1. The third-order valence-electron chi connectivity index (χ3n) is 11.7. The molecule has 57 heavy (non-hydrogen) atoms. The van der Waals surface area contributed by atoms with Gasteiger partial charge >= 0.3 is 6.18 Å². The molecule has 3 fully saturated rings. The zero-order valence-electron chi connectivity index (χ0n) is 30.0. The maximum absolute atomic E-state index is 15.3. The number of hydrogen-bond acceptors (Lipinski definition) is 9. The van der Waals surface area contributed by atoms with Crippen molar-refractivity contribution < 1.29 is 47.3 Å². The quantitative estimate of drug-likeness (QED) is 0.126. The smallest absolute Gasteiger partial charge is 0.417 e. The number of imide groups is 2. The number of phenols is 2. The molecule has 4 aliphatic rings. The molecular weight excluding hydrogens is 788 g/mol. The lowest BCUT2D eigenvalue weighted by Gasteiger charge is -2.50. The topological polar surface area (TPSA) is 149 Å². The Kier molecular flexibility index (Phi) is 9.47. The van der Waals surface area contributed by atoms with Crippen LogP contribution in [0.25, 0.3) is 0 Å². The largest absolute Gasteiger partial charge is 0.508 e. The van der Waals surface area contributed by atoms with E-state index in [4.69, 9.17) is 27.9 Å². The number of carbonyl (C=O) groups is 4. The van der Waals surface area contributed by atoms with Gasteiger partial charge in [-0.3, -0.25) is 29.5 Å². The van der Waals surface area contributed by atoms with Crippen molar-refractivity contribution in [1.29, 1.82) is 0 Å². The van der Waals surface area contributed by atoms with Gasteiger partial charge in [-0.1, -0.05) is 65.2 Å². The number of aromatic nitrogens is 1. The van der Waals surface area contributed by atoms with Crippen molar-refractivity contribution in [2.75, 3.05) is 19.1 Å². The van der Waals surface area contributed by atoms with E-state index in [-0.39, 0.29) is 48.4 Å². The fourth-order valence-corrected chi connectivity index (χ4v) is 9.56. The molecule has 0 spiro atoms. The third-order valence-corrected chi connectivity index (χ3v) is 12.3. The number of ether oxygens (including phenoxy) is 1. The molecule has 1 aromatic heterocycles. The van der Waals surface area contributed by atoms with Crippen LogP contribution in [0.3, 0.4) is 0 Å². The van der Waals surface area contributed by atoms with Gasteiger partial charge < -0.3 is 14.9 Å². The number of alkyl halides is 3. The van der Waals surface area contributed by atoms with Gasteiger partial charge in [-0.15, -0.1) is 0 Å². The van der Waals surface area contributed by atoms with E-state index in [2.05, 4.69) is 10.4 Å². The Morgan fingerprint density at radius 1 is 0.930 bits per heavy atom. The highest BCUT2D eigenvalue weighted by atomic mass is 35.5. The molecule has 4 aromatic rings. The number of rotatable bonds is 8.